The molecule has 0 aliphatic carbocycles. The Morgan fingerprint density at radius 2 is 1.91 bits per heavy atom. The van der Waals surface area contributed by atoms with E-state index in [2.05, 4.69) is 10.3 Å². The van der Waals surface area contributed by atoms with Gasteiger partial charge in [-0.1, -0.05) is 13.0 Å². The van der Waals surface area contributed by atoms with Crippen LogP contribution < -0.4 is 5.32 Å². The first-order valence-corrected chi connectivity index (χ1v) is 8.96. The van der Waals surface area contributed by atoms with Crippen molar-refractivity contribution in [2.45, 2.75) is 24.3 Å². The van der Waals surface area contributed by atoms with E-state index in [0.717, 1.165) is 6.26 Å². The number of carbonyl (C=O) groups excluding carboxylic acids is 1. The van der Waals surface area contributed by atoms with Crippen LogP contribution in [0, 0.1) is 0 Å². The molecule has 0 aliphatic heterocycles. The number of benzene rings is 1. The molecule has 1 aromatic heterocycles. The van der Waals surface area contributed by atoms with Gasteiger partial charge in [0.25, 0.3) is 5.91 Å². The van der Waals surface area contributed by atoms with Crippen LogP contribution in [0.2, 0.25) is 0 Å². The summed E-state index contributed by atoms with van der Waals surface area (Å²) in [7, 11) is -3.49. The minimum atomic E-state index is -3.49. The topological polar surface area (TPSA) is 96.4 Å². The lowest BCUT2D eigenvalue weighted by Gasteiger charge is -2.18. The molecule has 0 unspecified atom stereocenters. The van der Waals surface area contributed by atoms with Gasteiger partial charge in [-0.25, -0.2) is 8.42 Å². The van der Waals surface area contributed by atoms with Gasteiger partial charge in [-0.2, -0.15) is 0 Å². The second-order valence-electron chi connectivity index (χ2n) is 5.17. The van der Waals surface area contributed by atoms with E-state index in [9.17, 15) is 18.3 Å². The van der Waals surface area contributed by atoms with E-state index in [4.69, 9.17) is 0 Å². The Hall–Kier alpha value is -2.41. The number of hydrogen-bond donors (Lipinski definition) is 2. The third kappa shape index (κ3) is 4.07. The number of carbonyl (C=O) groups is 1. The Morgan fingerprint density at radius 1 is 1.26 bits per heavy atom. The maximum atomic E-state index is 12.2. The standard InChI is InChI=1S/C16H18N2O4S/c1-3-13(18-16(20)11-6-8-17-9-7-11)12-4-5-15(14(19)10-12)23(2,21)22/h4-10,13,19H,3H2,1-2H3,(H,18,20)/t13-/m0/s1. The molecule has 7 heteroatoms. The van der Waals surface area contributed by atoms with Gasteiger partial charge in [0.2, 0.25) is 0 Å². The molecule has 6 nitrogen and oxygen atoms in total. The van der Waals surface area contributed by atoms with Crippen molar-refractivity contribution in [2.24, 2.45) is 0 Å². The Bertz CT molecular complexity index is 804. The van der Waals surface area contributed by atoms with Crippen LogP contribution in [0.1, 0.15) is 35.3 Å². The van der Waals surface area contributed by atoms with Crippen molar-refractivity contribution in [1.29, 1.82) is 0 Å². The molecule has 23 heavy (non-hydrogen) atoms. The molecule has 1 atom stereocenters. The van der Waals surface area contributed by atoms with E-state index in [1.807, 2.05) is 6.92 Å². The zero-order valence-electron chi connectivity index (χ0n) is 12.9. The molecule has 0 radical (unpaired) electrons. The van der Waals surface area contributed by atoms with Crippen molar-refractivity contribution in [3.8, 4) is 5.75 Å². The van der Waals surface area contributed by atoms with Crippen LogP contribution in [0.25, 0.3) is 0 Å². The summed E-state index contributed by atoms with van der Waals surface area (Å²) >= 11 is 0. The van der Waals surface area contributed by atoms with Gasteiger partial charge in [0.15, 0.2) is 9.84 Å². The van der Waals surface area contributed by atoms with Gasteiger partial charge in [0.1, 0.15) is 10.6 Å². The highest BCUT2D eigenvalue weighted by Crippen LogP contribution is 2.27. The predicted molar refractivity (Wildman–Crippen MR) is 86.0 cm³/mol. The average molecular weight is 334 g/mol. The lowest BCUT2D eigenvalue weighted by molar-refractivity contribution is 0.0935. The van der Waals surface area contributed by atoms with E-state index in [1.165, 1.54) is 24.5 Å². The first kappa shape index (κ1) is 17.0. The normalized spacial score (nSPS) is 12.6. The minimum Gasteiger partial charge on any atom is -0.507 e. The van der Waals surface area contributed by atoms with Gasteiger partial charge in [0, 0.05) is 24.2 Å². The molecule has 1 aromatic carbocycles. The Morgan fingerprint density at radius 3 is 2.43 bits per heavy atom. The molecule has 0 spiro atoms. The summed E-state index contributed by atoms with van der Waals surface area (Å²) in [6.07, 6.45) is 4.68. The quantitative estimate of drug-likeness (QED) is 0.872. The predicted octanol–water partition coefficient (Wildman–Crippen LogP) is 2.07. The SMILES string of the molecule is CC[C@H](NC(=O)c1ccncc1)c1ccc(S(C)(=O)=O)c(O)c1. The number of phenols is 1. The van der Waals surface area contributed by atoms with Crippen molar-refractivity contribution < 1.29 is 18.3 Å². The number of rotatable bonds is 5. The summed E-state index contributed by atoms with van der Waals surface area (Å²) in [5.41, 5.74) is 1.12. The Kier molecular flexibility index (Phi) is 5.00. The van der Waals surface area contributed by atoms with Gasteiger partial charge in [-0.3, -0.25) is 9.78 Å². The summed E-state index contributed by atoms with van der Waals surface area (Å²) in [5, 5.41) is 12.8. The zero-order chi connectivity index (χ0) is 17.0. The Balaban J connectivity index is 2.25. The van der Waals surface area contributed by atoms with Gasteiger partial charge in [0.05, 0.1) is 6.04 Å². The first-order chi connectivity index (χ1) is 10.8. The van der Waals surface area contributed by atoms with Crippen LogP contribution in [0.5, 0.6) is 5.75 Å². The van der Waals surface area contributed by atoms with Gasteiger partial charge in [-0.15, -0.1) is 0 Å². The van der Waals surface area contributed by atoms with E-state index >= 15 is 0 Å². The summed E-state index contributed by atoms with van der Waals surface area (Å²) in [6.45, 7) is 1.89. The summed E-state index contributed by atoms with van der Waals surface area (Å²) in [5.74, 6) is -0.576. The highest BCUT2D eigenvalue weighted by Gasteiger charge is 2.18. The number of pyridine rings is 1. The maximum Gasteiger partial charge on any atom is 0.251 e. The van der Waals surface area contributed by atoms with Crippen LogP contribution in [0.4, 0.5) is 0 Å². The van der Waals surface area contributed by atoms with Crippen molar-refractivity contribution in [3.05, 3.63) is 53.9 Å². The third-order valence-electron chi connectivity index (χ3n) is 3.44. The van der Waals surface area contributed by atoms with Crippen molar-refractivity contribution >= 4 is 15.7 Å². The lowest BCUT2D eigenvalue weighted by atomic mass is 10.0. The van der Waals surface area contributed by atoms with Crippen LogP contribution >= 0.6 is 0 Å². The fourth-order valence-electron chi connectivity index (χ4n) is 2.23. The molecular weight excluding hydrogens is 316 g/mol. The molecule has 2 rings (SSSR count). The second kappa shape index (κ2) is 6.78. The van der Waals surface area contributed by atoms with Crippen molar-refractivity contribution in [1.82, 2.24) is 10.3 Å². The van der Waals surface area contributed by atoms with Crippen LogP contribution in [0.3, 0.4) is 0 Å². The number of sulfone groups is 1. The van der Waals surface area contributed by atoms with Crippen molar-refractivity contribution in [2.75, 3.05) is 6.26 Å². The summed E-state index contributed by atoms with van der Waals surface area (Å²) < 4.78 is 23.1. The van der Waals surface area contributed by atoms with Gasteiger partial charge >= 0.3 is 0 Å². The number of hydrogen-bond acceptors (Lipinski definition) is 5. The molecule has 1 heterocycles. The highest BCUT2D eigenvalue weighted by molar-refractivity contribution is 7.90. The fourth-order valence-corrected chi connectivity index (χ4v) is 2.98. The zero-order valence-corrected chi connectivity index (χ0v) is 13.7. The number of aromatic nitrogens is 1. The molecule has 122 valence electrons. The van der Waals surface area contributed by atoms with Crippen molar-refractivity contribution in [3.63, 3.8) is 0 Å². The average Bonchev–Trinajstić information content (AvgIpc) is 2.51. The number of aromatic hydroxyl groups is 1. The summed E-state index contributed by atoms with van der Waals surface area (Å²) in [4.78, 5) is 15.9. The second-order valence-corrected chi connectivity index (χ2v) is 7.15. The van der Waals surface area contributed by atoms with Crippen LogP contribution in [-0.2, 0) is 9.84 Å². The molecule has 0 saturated heterocycles. The highest BCUT2D eigenvalue weighted by atomic mass is 32.2. The Labute approximate surface area is 135 Å². The van der Waals surface area contributed by atoms with E-state index < -0.39 is 9.84 Å². The van der Waals surface area contributed by atoms with Gasteiger partial charge in [-0.05, 0) is 36.2 Å². The molecule has 1 amide bonds. The van der Waals surface area contributed by atoms with E-state index in [1.54, 1.807) is 18.2 Å². The maximum absolute atomic E-state index is 12.2. The number of nitrogens with zero attached hydrogens (tertiary/aromatic N) is 1. The van der Waals surface area contributed by atoms with E-state index in [-0.39, 0.29) is 22.6 Å². The van der Waals surface area contributed by atoms with Crippen LogP contribution in [0.15, 0.2) is 47.6 Å². The number of phenolic OH excluding ortho intramolecular Hbond substituents is 1. The monoisotopic (exact) mass is 334 g/mol. The fraction of sp³-hybridized carbons (Fsp3) is 0.250. The number of amides is 1. The smallest absolute Gasteiger partial charge is 0.251 e. The largest absolute Gasteiger partial charge is 0.507 e. The molecule has 0 aliphatic rings. The number of nitrogens with one attached hydrogen (secondary N) is 1. The van der Waals surface area contributed by atoms with Crippen LogP contribution in [-0.4, -0.2) is 30.7 Å². The lowest BCUT2D eigenvalue weighted by Crippen LogP contribution is -2.28. The molecule has 2 aromatic rings. The summed E-state index contributed by atoms with van der Waals surface area (Å²) in [6, 6.07) is 7.18. The first-order valence-electron chi connectivity index (χ1n) is 7.06. The molecule has 0 fully saturated rings. The molecule has 0 saturated carbocycles. The van der Waals surface area contributed by atoms with Gasteiger partial charge < -0.3 is 10.4 Å². The molecule has 2 N–H and O–H groups in total. The minimum absolute atomic E-state index is 0.128. The molecule has 0 bridgehead atoms. The van der Waals surface area contributed by atoms with E-state index in [0.29, 0.717) is 17.5 Å². The third-order valence-corrected chi connectivity index (χ3v) is 4.59. The molecular formula is C16H18N2O4S.